The van der Waals surface area contributed by atoms with E-state index >= 15 is 0 Å². The van der Waals surface area contributed by atoms with Crippen molar-refractivity contribution in [2.45, 2.75) is 32.7 Å². The molecule has 2 nitrogen and oxygen atoms in total. The van der Waals surface area contributed by atoms with Gasteiger partial charge in [-0.25, -0.2) is 0 Å². The second-order valence-corrected chi connectivity index (χ2v) is 5.59. The molecular weight excluding hydrogens is 140 g/mol. The van der Waals surface area contributed by atoms with Gasteiger partial charge in [0.1, 0.15) is 0 Å². The van der Waals surface area contributed by atoms with E-state index in [0.717, 1.165) is 0 Å². The molecule has 1 N–H and O–H groups in total. The molecule has 0 aliphatic rings. The summed E-state index contributed by atoms with van der Waals surface area (Å²) in [5, 5.41) is 0. The molecule has 0 fully saturated rings. The molecule has 0 aliphatic heterocycles. The van der Waals surface area contributed by atoms with E-state index in [0.29, 0.717) is 5.54 Å². The van der Waals surface area contributed by atoms with Crippen LogP contribution in [0.3, 0.4) is 0 Å². The van der Waals surface area contributed by atoms with Gasteiger partial charge in [0.2, 0.25) is 0 Å². The monoisotopic (exact) mass is 160 g/mol. The van der Waals surface area contributed by atoms with E-state index in [1.807, 2.05) is 0 Å². The molecule has 0 spiro atoms. The Morgan fingerprint density at radius 3 is 2.20 bits per heavy atom. The second-order valence-electron chi connectivity index (χ2n) is 3.65. The third-order valence-corrected chi connectivity index (χ3v) is 3.51. The number of nitrogens with zero attached hydrogens (tertiary/aromatic N) is 1. The molecule has 10 heavy (non-hydrogen) atoms. The lowest BCUT2D eigenvalue weighted by atomic mass is 10.0. The van der Waals surface area contributed by atoms with E-state index in [-0.39, 0.29) is 9.84 Å². The molecular formula is C7H20N2Si. The fourth-order valence-corrected chi connectivity index (χ4v) is 1.49. The van der Waals surface area contributed by atoms with Crippen molar-refractivity contribution in [2.75, 3.05) is 14.1 Å². The first-order valence-electron chi connectivity index (χ1n) is 3.87. The molecule has 0 radical (unpaired) electrons. The van der Waals surface area contributed by atoms with E-state index in [4.69, 9.17) is 0 Å². The van der Waals surface area contributed by atoms with Crippen LogP contribution in [-0.2, 0) is 0 Å². The van der Waals surface area contributed by atoms with Gasteiger partial charge in [-0.05, 0) is 34.4 Å². The van der Waals surface area contributed by atoms with Crippen molar-refractivity contribution in [1.29, 1.82) is 0 Å². The smallest absolute Gasteiger partial charge is 0.170 e. The van der Waals surface area contributed by atoms with Crippen molar-refractivity contribution in [3.63, 3.8) is 0 Å². The van der Waals surface area contributed by atoms with Gasteiger partial charge in [0.05, 0.1) is 0 Å². The standard InChI is InChI=1S/C7H20N2Si/c1-6-7(2,3)8-10-9(4)5/h8H,6,10H2,1-5H3. The largest absolute Gasteiger partial charge is 0.325 e. The maximum atomic E-state index is 3.57. The fourth-order valence-electron chi connectivity index (χ4n) is 0.497. The van der Waals surface area contributed by atoms with Crippen molar-refractivity contribution in [3.8, 4) is 0 Å². The molecule has 3 heteroatoms. The number of hydrogen-bond donors (Lipinski definition) is 1. The third kappa shape index (κ3) is 4.96. The first-order valence-corrected chi connectivity index (χ1v) is 5.21. The Hall–Kier alpha value is 0.137. The van der Waals surface area contributed by atoms with Gasteiger partial charge in [0, 0.05) is 5.54 Å². The van der Waals surface area contributed by atoms with Crippen molar-refractivity contribution in [2.24, 2.45) is 0 Å². The van der Waals surface area contributed by atoms with Crippen LogP contribution in [0, 0.1) is 0 Å². The van der Waals surface area contributed by atoms with Gasteiger partial charge in [-0.15, -0.1) is 0 Å². The van der Waals surface area contributed by atoms with Gasteiger partial charge < -0.3 is 9.55 Å². The summed E-state index contributed by atoms with van der Waals surface area (Å²) >= 11 is 0. The van der Waals surface area contributed by atoms with Crippen molar-refractivity contribution >= 4 is 9.84 Å². The van der Waals surface area contributed by atoms with Crippen LogP contribution in [0.5, 0.6) is 0 Å². The molecule has 62 valence electrons. The summed E-state index contributed by atoms with van der Waals surface area (Å²) in [4.78, 5) is 3.57. The minimum atomic E-state index is -0.186. The second kappa shape index (κ2) is 4.11. The average molecular weight is 160 g/mol. The van der Waals surface area contributed by atoms with E-state index in [1.54, 1.807) is 0 Å². The predicted octanol–water partition coefficient (Wildman–Crippen LogP) is 0.325. The molecule has 0 aliphatic carbocycles. The minimum absolute atomic E-state index is 0.186. The van der Waals surface area contributed by atoms with Gasteiger partial charge in [-0.3, -0.25) is 0 Å². The van der Waals surface area contributed by atoms with Gasteiger partial charge in [0.15, 0.2) is 9.84 Å². The Bertz CT molecular complexity index is 91.6. The predicted molar refractivity (Wildman–Crippen MR) is 49.7 cm³/mol. The highest BCUT2D eigenvalue weighted by Gasteiger charge is 2.12. The van der Waals surface area contributed by atoms with E-state index < -0.39 is 0 Å². The molecule has 0 saturated carbocycles. The van der Waals surface area contributed by atoms with Crippen LogP contribution in [0.1, 0.15) is 27.2 Å². The Morgan fingerprint density at radius 1 is 1.40 bits per heavy atom. The summed E-state index contributed by atoms with van der Waals surface area (Å²) in [6.07, 6.45) is 1.20. The lowest BCUT2D eigenvalue weighted by molar-refractivity contribution is 0.439. The van der Waals surface area contributed by atoms with Crippen molar-refractivity contribution in [3.05, 3.63) is 0 Å². The van der Waals surface area contributed by atoms with Crippen LogP contribution in [0.25, 0.3) is 0 Å². The van der Waals surface area contributed by atoms with Crippen molar-refractivity contribution in [1.82, 2.24) is 9.55 Å². The zero-order valence-electron chi connectivity index (χ0n) is 7.86. The maximum absolute atomic E-state index is 3.57. The SMILES string of the molecule is CCC(C)(C)N[SiH2]N(C)C. The zero-order chi connectivity index (χ0) is 8.20. The Morgan fingerprint density at radius 2 is 1.90 bits per heavy atom. The molecule has 0 aromatic carbocycles. The quantitative estimate of drug-likeness (QED) is 0.596. The number of rotatable bonds is 4. The highest BCUT2D eigenvalue weighted by Crippen LogP contribution is 2.04. The summed E-state index contributed by atoms with van der Waals surface area (Å²) in [5.74, 6) is 0. The molecule has 0 amide bonds. The third-order valence-electron chi connectivity index (χ3n) is 1.76. The molecule has 0 bridgehead atoms. The van der Waals surface area contributed by atoms with E-state index in [2.05, 4.69) is 44.4 Å². The molecule has 0 aromatic heterocycles. The van der Waals surface area contributed by atoms with Gasteiger partial charge in [-0.2, -0.15) is 0 Å². The summed E-state index contributed by atoms with van der Waals surface area (Å²) < 4.78 is 2.28. The first-order chi connectivity index (χ1) is 4.48. The lowest BCUT2D eigenvalue weighted by Gasteiger charge is -2.26. The normalized spacial score (nSPS) is 13.8. The summed E-state index contributed by atoms with van der Waals surface area (Å²) in [6.45, 7) is 6.73. The summed E-state index contributed by atoms with van der Waals surface area (Å²) in [7, 11) is 4.07. The number of hydrogen-bond acceptors (Lipinski definition) is 2. The van der Waals surface area contributed by atoms with Crippen LogP contribution in [0.15, 0.2) is 0 Å². The molecule has 0 rings (SSSR count). The van der Waals surface area contributed by atoms with Gasteiger partial charge in [0.25, 0.3) is 0 Å². The van der Waals surface area contributed by atoms with E-state index in [9.17, 15) is 0 Å². The Kier molecular flexibility index (Phi) is 4.16. The van der Waals surface area contributed by atoms with Gasteiger partial charge >= 0.3 is 0 Å². The van der Waals surface area contributed by atoms with Gasteiger partial charge in [-0.1, -0.05) is 6.92 Å². The topological polar surface area (TPSA) is 15.3 Å². The van der Waals surface area contributed by atoms with Crippen LogP contribution in [-0.4, -0.2) is 34.0 Å². The maximum Gasteiger partial charge on any atom is 0.170 e. The molecule has 0 heterocycles. The highest BCUT2D eigenvalue weighted by atomic mass is 28.2. The summed E-state index contributed by atoms with van der Waals surface area (Å²) in [6, 6.07) is 0. The molecule has 0 aromatic rings. The Balaban J connectivity index is 3.46. The lowest BCUT2D eigenvalue weighted by Crippen LogP contribution is -2.46. The molecule has 0 atom stereocenters. The zero-order valence-corrected chi connectivity index (χ0v) is 9.28. The first kappa shape index (κ1) is 10.1. The molecule has 0 unspecified atom stereocenters. The minimum Gasteiger partial charge on any atom is -0.325 e. The van der Waals surface area contributed by atoms with Crippen LogP contribution < -0.4 is 4.98 Å². The highest BCUT2D eigenvalue weighted by molar-refractivity contribution is 6.28. The fraction of sp³-hybridized carbons (Fsp3) is 1.00. The summed E-state index contributed by atoms with van der Waals surface area (Å²) in [5.41, 5.74) is 0.344. The van der Waals surface area contributed by atoms with Crippen LogP contribution in [0.2, 0.25) is 0 Å². The van der Waals surface area contributed by atoms with E-state index in [1.165, 1.54) is 6.42 Å². The van der Waals surface area contributed by atoms with Crippen molar-refractivity contribution < 1.29 is 0 Å². The van der Waals surface area contributed by atoms with Crippen LogP contribution >= 0.6 is 0 Å². The number of nitrogens with one attached hydrogen (secondary N) is 1. The average Bonchev–Trinajstić information content (AvgIpc) is 1.85. The van der Waals surface area contributed by atoms with Crippen LogP contribution in [0.4, 0.5) is 0 Å². The molecule has 0 saturated heterocycles. The Labute approximate surface area is 67.0 Å².